The molecule has 2 fully saturated rings. The Kier molecular flexibility index (Phi) is 5.25. The minimum Gasteiger partial charge on any atom is -0.366 e. The van der Waals surface area contributed by atoms with E-state index in [-0.39, 0.29) is 5.91 Å². The van der Waals surface area contributed by atoms with Crippen molar-refractivity contribution < 1.29 is 4.79 Å². The van der Waals surface area contributed by atoms with Crippen LogP contribution in [0.5, 0.6) is 0 Å². The first-order valence-corrected chi connectivity index (χ1v) is 10.2. The van der Waals surface area contributed by atoms with Crippen LogP contribution in [0.1, 0.15) is 66.6 Å². The van der Waals surface area contributed by atoms with Gasteiger partial charge in [-0.05, 0) is 49.7 Å². The zero-order valence-corrected chi connectivity index (χ0v) is 16.1. The standard InChI is InChI=1S/C21H29N5O/c1-2-5-16-14-25(24-23-16)10-11-26-17-8-9-18(26)13-15(12-17)19-6-3-4-7-20(19)21(22)27/h3-4,6-7,14-15,17-18H,2,5,8-13H2,1H3,(H2,22,27). The summed E-state index contributed by atoms with van der Waals surface area (Å²) in [6.07, 6.45) is 8.90. The number of fused-ring (bicyclic) bond motifs is 2. The maximum atomic E-state index is 11.8. The van der Waals surface area contributed by atoms with Gasteiger partial charge >= 0.3 is 0 Å². The van der Waals surface area contributed by atoms with Crippen molar-refractivity contribution >= 4 is 5.91 Å². The number of carbonyl (C=O) groups excluding carboxylic acids is 1. The number of primary amides is 1. The lowest BCUT2D eigenvalue weighted by atomic mass is 9.82. The molecule has 0 saturated carbocycles. The van der Waals surface area contributed by atoms with Gasteiger partial charge in [0.05, 0.1) is 12.2 Å². The van der Waals surface area contributed by atoms with E-state index in [9.17, 15) is 4.79 Å². The van der Waals surface area contributed by atoms with E-state index in [0.717, 1.165) is 50.0 Å². The fraction of sp³-hybridized carbons (Fsp3) is 0.571. The van der Waals surface area contributed by atoms with E-state index >= 15 is 0 Å². The Labute approximate surface area is 160 Å². The Bertz CT molecular complexity index is 787. The number of nitrogens with zero attached hydrogens (tertiary/aromatic N) is 4. The first-order chi connectivity index (χ1) is 13.2. The molecule has 2 unspecified atom stereocenters. The Morgan fingerprint density at radius 1 is 1.19 bits per heavy atom. The molecule has 27 heavy (non-hydrogen) atoms. The summed E-state index contributed by atoms with van der Waals surface area (Å²) in [5, 5.41) is 8.52. The number of rotatable bonds is 7. The van der Waals surface area contributed by atoms with Crippen LogP contribution >= 0.6 is 0 Å². The van der Waals surface area contributed by atoms with E-state index < -0.39 is 0 Å². The van der Waals surface area contributed by atoms with Gasteiger partial charge in [0.15, 0.2) is 0 Å². The Balaban J connectivity index is 1.41. The number of hydrogen-bond acceptors (Lipinski definition) is 4. The van der Waals surface area contributed by atoms with Gasteiger partial charge in [-0.15, -0.1) is 5.10 Å². The first-order valence-electron chi connectivity index (χ1n) is 10.2. The summed E-state index contributed by atoms with van der Waals surface area (Å²) >= 11 is 0. The van der Waals surface area contributed by atoms with Gasteiger partial charge in [-0.3, -0.25) is 14.4 Å². The third-order valence-electron chi connectivity index (χ3n) is 6.23. The number of amides is 1. The van der Waals surface area contributed by atoms with E-state index in [4.69, 9.17) is 5.73 Å². The molecule has 1 amide bonds. The van der Waals surface area contributed by atoms with Crippen molar-refractivity contribution in [1.82, 2.24) is 19.9 Å². The van der Waals surface area contributed by atoms with Crippen molar-refractivity contribution in [2.45, 2.75) is 70.0 Å². The molecule has 2 bridgehead atoms. The van der Waals surface area contributed by atoms with Crippen molar-refractivity contribution in [3.05, 3.63) is 47.3 Å². The van der Waals surface area contributed by atoms with Crippen LogP contribution in [0.15, 0.2) is 30.5 Å². The lowest BCUT2D eigenvalue weighted by Gasteiger charge is -2.39. The Morgan fingerprint density at radius 2 is 1.93 bits per heavy atom. The third kappa shape index (κ3) is 3.76. The molecule has 6 nitrogen and oxygen atoms in total. The van der Waals surface area contributed by atoms with Gasteiger partial charge in [-0.25, -0.2) is 0 Å². The molecule has 2 N–H and O–H groups in total. The number of aromatic nitrogens is 3. The highest BCUT2D eigenvalue weighted by atomic mass is 16.1. The molecule has 2 aromatic rings. The fourth-order valence-electron chi connectivity index (χ4n) is 5.01. The van der Waals surface area contributed by atoms with Gasteiger partial charge in [0.1, 0.15) is 0 Å². The van der Waals surface area contributed by atoms with E-state index in [0.29, 0.717) is 23.6 Å². The van der Waals surface area contributed by atoms with Crippen molar-refractivity contribution in [3.63, 3.8) is 0 Å². The van der Waals surface area contributed by atoms with Gasteiger partial charge in [0.25, 0.3) is 0 Å². The highest BCUT2D eigenvalue weighted by Gasteiger charge is 2.41. The first kappa shape index (κ1) is 18.2. The summed E-state index contributed by atoms with van der Waals surface area (Å²) in [6, 6.07) is 9.06. The topological polar surface area (TPSA) is 77.0 Å². The summed E-state index contributed by atoms with van der Waals surface area (Å²) < 4.78 is 1.99. The quantitative estimate of drug-likeness (QED) is 0.816. The Morgan fingerprint density at radius 3 is 2.63 bits per heavy atom. The molecule has 0 spiro atoms. The fourth-order valence-corrected chi connectivity index (χ4v) is 5.01. The molecule has 2 atom stereocenters. The summed E-state index contributed by atoms with van der Waals surface area (Å²) in [7, 11) is 0. The maximum absolute atomic E-state index is 11.8. The van der Waals surface area contributed by atoms with Gasteiger partial charge in [0, 0.05) is 30.4 Å². The number of carbonyl (C=O) groups is 1. The predicted molar refractivity (Wildman–Crippen MR) is 104 cm³/mol. The number of aryl methyl sites for hydroxylation is 1. The van der Waals surface area contributed by atoms with E-state index in [1.807, 2.05) is 22.9 Å². The van der Waals surface area contributed by atoms with E-state index in [1.54, 1.807) is 0 Å². The van der Waals surface area contributed by atoms with Crippen LogP contribution in [0.4, 0.5) is 0 Å². The number of benzene rings is 1. The maximum Gasteiger partial charge on any atom is 0.248 e. The van der Waals surface area contributed by atoms with Gasteiger partial charge in [-0.2, -0.15) is 0 Å². The van der Waals surface area contributed by atoms with Crippen LogP contribution in [-0.4, -0.2) is 44.4 Å². The molecule has 1 aromatic carbocycles. The van der Waals surface area contributed by atoms with Crippen LogP contribution in [0.2, 0.25) is 0 Å². The minimum absolute atomic E-state index is 0.311. The van der Waals surface area contributed by atoms with Crippen molar-refractivity contribution in [2.24, 2.45) is 5.73 Å². The number of hydrogen-bond donors (Lipinski definition) is 1. The van der Waals surface area contributed by atoms with Crippen LogP contribution in [0.25, 0.3) is 0 Å². The van der Waals surface area contributed by atoms with Crippen molar-refractivity contribution in [1.29, 1.82) is 0 Å². The molecule has 144 valence electrons. The normalized spacial score (nSPS) is 25.0. The van der Waals surface area contributed by atoms with Crippen LogP contribution in [0, 0.1) is 0 Å². The second kappa shape index (κ2) is 7.80. The summed E-state index contributed by atoms with van der Waals surface area (Å²) in [6.45, 7) is 4.08. The van der Waals surface area contributed by atoms with Crippen LogP contribution in [0.3, 0.4) is 0 Å². The predicted octanol–water partition coefficient (Wildman–Crippen LogP) is 2.74. The highest BCUT2D eigenvalue weighted by molar-refractivity contribution is 5.94. The highest BCUT2D eigenvalue weighted by Crippen LogP contribution is 2.43. The zero-order chi connectivity index (χ0) is 18.8. The van der Waals surface area contributed by atoms with Crippen molar-refractivity contribution in [3.8, 4) is 0 Å². The number of nitrogens with two attached hydrogens (primary N) is 1. The number of piperidine rings is 1. The minimum atomic E-state index is -0.311. The molecule has 0 radical (unpaired) electrons. The molecule has 3 heterocycles. The summed E-state index contributed by atoms with van der Waals surface area (Å²) in [4.78, 5) is 14.5. The monoisotopic (exact) mass is 367 g/mol. The zero-order valence-electron chi connectivity index (χ0n) is 16.1. The molecule has 1 aromatic heterocycles. The van der Waals surface area contributed by atoms with E-state index in [2.05, 4.69) is 34.4 Å². The average Bonchev–Trinajstić information content (AvgIpc) is 3.20. The SMILES string of the molecule is CCCc1cn(CCN2C3CCC2CC(c2ccccc2C(N)=O)C3)nn1. The van der Waals surface area contributed by atoms with E-state index in [1.165, 1.54) is 12.8 Å². The molecule has 0 aliphatic carbocycles. The smallest absolute Gasteiger partial charge is 0.248 e. The molecule has 4 rings (SSSR count). The lowest BCUT2D eigenvalue weighted by Crippen LogP contribution is -2.44. The molecular weight excluding hydrogens is 338 g/mol. The van der Waals surface area contributed by atoms with Gasteiger partial charge in [-0.1, -0.05) is 36.8 Å². The molecule has 6 heteroatoms. The van der Waals surface area contributed by atoms with Gasteiger partial charge in [0.2, 0.25) is 5.91 Å². The van der Waals surface area contributed by atoms with Crippen molar-refractivity contribution in [2.75, 3.05) is 6.54 Å². The summed E-state index contributed by atoms with van der Waals surface area (Å²) in [5.41, 5.74) is 8.53. The van der Waals surface area contributed by atoms with Crippen LogP contribution in [-0.2, 0) is 13.0 Å². The second-order valence-electron chi connectivity index (χ2n) is 7.97. The third-order valence-corrected chi connectivity index (χ3v) is 6.23. The second-order valence-corrected chi connectivity index (χ2v) is 7.97. The largest absolute Gasteiger partial charge is 0.366 e. The average molecular weight is 367 g/mol. The van der Waals surface area contributed by atoms with Crippen LogP contribution < -0.4 is 5.73 Å². The molecular formula is C21H29N5O. The lowest BCUT2D eigenvalue weighted by molar-refractivity contribution is 0.0992. The molecule has 2 aliphatic heterocycles. The molecule has 2 saturated heterocycles. The Hall–Kier alpha value is -2.21. The summed E-state index contributed by atoms with van der Waals surface area (Å²) in [5.74, 6) is 0.124. The van der Waals surface area contributed by atoms with Gasteiger partial charge < -0.3 is 5.73 Å². The molecule has 2 aliphatic rings.